The van der Waals surface area contributed by atoms with Gasteiger partial charge in [0.05, 0.1) is 41.9 Å². The van der Waals surface area contributed by atoms with E-state index in [-0.39, 0.29) is 49.1 Å². The summed E-state index contributed by atoms with van der Waals surface area (Å²) in [5.74, 6) is 2.53. The highest BCUT2D eigenvalue weighted by atomic mass is 32.2. The number of unbranched alkanes of at least 4 members (excludes halogenated alkanes) is 1. The maximum absolute atomic E-state index is 14.1. The highest BCUT2D eigenvalue weighted by Gasteiger charge is 2.44. The minimum Gasteiger partial charge on any atom is -0.460 e. The molecule has 10 nitrogen and oxygen atoms in total. The summed E-state index contributed by atoms with van der Waals surface area (Å²) in [4.78, 5) is 13.2. The quantitative estimate of drug-likeness (QED) is 0.188. The predicted molar refractivity (Wildman–Crippen MR) is 178 cm³/mol. The number of alkyl carbamates (subject to hydrolysis) is 1. The van der Waals surface area contributed by atoms with Crippen LogP contribution in [0.5, 0.6) is 0 Å². The van der Waals surface area contributed by atoms with E-state index in [9.17, 15) is 18.3 Å². The Balaban J connectivity index is 1.32. The number of thioether (sulfide) groups is 1. The zero-order valence-corrected chi connectivity index (χ0v) is 28.4. The standard InChI is InChI=1S/C34H46N2O8S2/c1-4-5-15-45-22-26-17-25-18-27(11-12-31(25)43-26)46(39,40)36(19-23(2)3)20-30(37)29(16-24-9-7-6-8-10-24)35-34(38)44-32-21-42-33-28(32)13-14-41-33/h6-12,17-18,23,28-30,32-33,37H,4-5,13-16,19-22H2,1-3H3,(H,35,38)/t28-,29-,30+,32?,33+/m0/s1. The van der Waals surface area contributed by atoms with Gasteiger partial charge in [-0.2, -0.15) is 16.1 Å². The van der Waals surface area contributed by atoms with Crippen molar-refractivity contribution in [2.75, 3.05) is 32.1 Å². The van der Waals surface area contributed by atoms with Gasteiger partial charge in [-0.1, -0.05) is 57.5 Å². The van der Waals surface area contributed by atoms with Crippen molar-refractivity contribution in [3.05, 3.63) is 65.9 Å². The normalized spacial score (nSPS) is 21.1. The number of amides is 1. The third kappa shape index (κ3) is 8.84. The Hall–Kier alpha value is -2.61. The smallest absolute Gasteiger partial charge is 0.407 e. The molecule has 1 aromatic heterocycles. The van der Waals surface area contributed by atoms with Gasteiger partial charge in [0.15, 0.2) is 6.29 Å². The average molecular weight is 675 g/mol. The molecule has 1 unspecified atom stereocenters. The number of aliphatic hydroxyl groups is 1. The van der Waals surface area contributed by atoms with Crippen LogP contribution in [-0.2, 0) is 36.4 Å². The van der Waals surface area contributed by atoms with Crippen molar-refractivity contribution in [1.82, 2.24) is 9.62 Å². The van der Waals surface area contributed by atoms with E-state index < -0.39 is 34.4 Å². The fourth-order valence-corrected chi connectivity index (χ4v) is 8.55. The topological polar surface area (TPSA) is 128 Å². The number of hydrogen-bond donors (Lipinski definition) is 2. The monoisotopic (exact) mass is 674 g/mol. The predicted octanol–water partition coefficient (Wildman–Crippen LogP) is 5.57. The molecule has 2 aliphatic rings. The van der Waals surface area contributed by atoms with Gasteiger partial charge in [0.1, 0.15) is 17.4 Å². The molecule has 0 aliphatic carbocycles. The lowest BCUT2D eigenvalue weighted by Crippen LogP contribution is -2.51. The van der Waals surface area contributed by atoms with Crippen molar-refractivity contribution < 1.29 is 36.9 Å². The van der Waals surface area contributed by atoms with Crippen LogP contribution in [0, 0.1) is 11.8 Å². The number of nitrogens with one attached hydrogen (secondary N) is 1. The number of sulfonamides is 1. The average Bonchev–Trinajstić information content (AvgIpc) is 3.76. The number of fused-ring (bicyclic) bond motifs is 2. The third-order valence-corrected chi connectivity index (χ3v) is 11.2. The van der Waals surface area contributed by atoms with E-state index in [1.807, 2.05) is 50.2 Å². The van der Waals surface area contributed by atoms with Crippen molar-refractivity contribution in [2.45, 2.75) is 81.6 Å². The molecular formula is C34H46N2O8S2. The molecule has 5 atom stereocenters. The van der Waals surface area contributed by atoms with Gasteiger partial charge in [0, 0.05) is 18.5 Å². The first-order valence-corrected chi connectivity index (χ1v) is 18.8. The summed E-state index contributed by atoms with van der Waals surface area (Å²) in [6.07, 6.45) is 0.563. The first-order chi connectivity index (χ1) is 22.1. The summed E-state index contributed by atoms with van der Waals surface area (Å²) in [6, 6.07) is 15.4. The lowest BCUT2D eigenvalue weighted by molar-refractivity contribution is -0.0907. The Bertz CT molecular complexity index is 1530. The molecule has 2 aliphatic heterocycles. The van der Waals surface area contributed by atoms with Gasteiger partial charge < -0.3 is 29.1 Å². The lowest BCUT2D eigenvalue weighted by Gasteiger charge is -2.31. The summed E-state index contributed by atoms with van der Waals surface area (Å²) < 4.78 is 52.3. The van der Waals surface area contributed by atoms with Crippen LogP contribution in [-0.4, -0.2) is 80.5 Å². The molecule has 252 valence electrons. The maximum Gasteiger partial charge on any atom is 0.407 e. The number of nitrogens with zero attached hydrogens (tertiary/aromatic N) is 1. The van der Waals surface area contributed by atoms with Crippen LogP contribution in [0.25, 0.3) is 11.0 Å². The van der Waals surface area contributed by atoms with Gasteiger partial charge in [-0.3, -0.25) is 0 Å². The van der Waals surface area contributed by atoms with E-state index in [2.05, 4.69) is 12.2 Å². The van der Waals surface area contributed by atoms with Crippen molar-refractivity contribution in [2.24, 2.45) is 11.8 Å². The van der Waals surface area contributed by atoms with Crippen LogP contribution in [0.3, 0.4) is 0 Å². The summed E-state index contributed by atoms with van der Waals surface area (Å²) in [5.41, 5.74) is 1.52. The van der Waals surface area contributed by atoms with Crippen molar-refractivity contribution >= 4 is 38.8 Å². The first-order valence-electron chi connectivity index (χ1n) is 16.2. The maximum atomic E-state index is 14.1. The molecule has 0 spiro atoms. The fraction of sp³-hybridized carbons (Fsp3) is 0.559. The number of aliphatic hydroxyl groups excluding tert-OH is 1. The van der Waals surface area contributed by atoms with Crippen molar-refractivity contribution in [3.63, 3.8) is 0 Å². The molecule has 3 aromatic rings. The van der Waals surface area contributed by atoms with Crippen LogP contribution in [0.15, 0.2) is 63.9 Å². The minimum absolute atomic E-state index is 0.0131. The second-order valence-electron chi connectivity index (χ2n) is 12.5. The number of carbonyl (C=O) groups is 1. The summed E-state index contributed by atoms with van der Waals surface area (Å²) in [5, 5.41) is 15.1. The van der Waals surface area contributed by atoms with Crippen LogP contribution in [0.1, 0.15) is 51.4 Å². The fourth-order valence-electron chi connectivity index (χ4n) is 5.91. The molecule has 0 radical (unpaired) electrons. The van der Waals surface area contributed by atoms with Gasteiger partial charge in [0.2, 0.25) is 10.0 Å². The van der Waals surface area contributed by atoms with Gasteiger partial charge in [-0.15, -0.1) is 0 Å². The van der Waals surface area contributed by atoms with Crippen LogP contribution in [0.2, 0.25) is 0 Å². The number of carbonyl (C=O) groups excluding carboxylic acids is 1. The highest BCUT2D eigenvalue weighted by Crippen LogP contribution is 2.33. The van der Waals surface area contributed by atoms with Gasteiger partial charge >= 0.3 is 6.09 Å². The zero-order chi connectivity index (χ0) is 32.7. The molecular weight excluding hydrogens is 629 g/mol. The van der Waals surface area contributed by atoms with E-state index >= 15 is 0 Å². The molecule has 46 heavy (non-hydrogen) atoms. The van der Waals surface area contributed by atoms with E-state index in [1.54, 1.807) is 30.0 Å². The number of hydrogen-bond acceptors (Lipinski definition) is 9. The third-order valence-electron chi connectivity index (χ3n) is 8.33. The molecule has 2 aromatic carbocycles. The Morgan fingerprint density at radius 3 is 2.70 bits per heavy atom. The molecule has 2 saturated heterocycles. The molecule has 2 fully saturated rings. The Morgan fingerprint density at radius 1 is 1.13 bits per heavy atom. The summed E-state index contributed by atoms with van der Waals surface area (Å²) >= 11 is 1.80. The first kappa shape index (κ1) is 34.7. The van der Waals surface area contributed by atoms with Crippen LogP contribution in [0.4, 0.5) is 4.79 Å². The molecule has 0 saturated carbocycles. The molecule has 1 amide bonds. The number of furan rings is 1. The Labute approximate surface area is 276 Å². The molecule has 12 heteroatoms. The molecule has 5 rings (SSSR count). The second-order valence-corrected chi connectivity index (χ2v) is 15.6. The minimum atomic E-state index is -4.01. The van der Waals surface area contributed by atoms with Crippen molar-refractivity contribution in [3.8, 4) is 0 Å². The van der Waals surface area contributed by atoms with Gasteiger partial charge in [-0.25, -0.2) is 13.2 Å². The van der Waals surface area contributed by atoms with Gasteiger partial charge in [-0.05, 0) is 60.8 Å². The van der Waals surface area contributed by atoms with E-state index in [4.69, 9.17) is 18.6 Å². The molecule has 0 bridgehead atoms. The van der Waals surface area contributed by atoms with E-state index in [1.165, 1.54) is 4.31 Å². The molecule has 3 heterocycles. The summed E-state index contributed by atoms with van der Waals surface area (Å²) in [6.45, 7) is 6.79. The number of rotatable bonds is 16. The van der Waals surface area contributed by atoms with Crippen LogP contribution >= 0.6 is 11.8 Å². The number of benzene rings is 2. The van der Waals surface area contributed by atoms with Gasteiger partial charge in [0.25, 0.3) is 0 Å². The largest absolute Gasteiger partial charge is 0.460 e. The zero-order valence-electron chi connectivity index (χ0n) is 26.8. The second kappa shape index (κ2) is 16.0. The van der Waals surface area contributed by atoms with Crippen molar-refractivity contribution in [1.29, 1.82) is 0 Å². The lowest BCUT2D eigenvalue weighted by atomic mass is 10.0. The van der Waals surface area contributed by atoms with Crippen LogP contribution < -0.4 is 5.32 Å². The van der Waals surface area contributed by atoms with E-state index in [0.717, 1.165) is 47.5 Å². The highest BCUT2D eigenvalue weighted by molar-refractivity contribution is 7.98. The molecule has 2 N–H and O–H groups in total. The Morgan fingerprint density at radius 2 is 1.93 bits per heavy atom. The number of ether oxygens (including phenoxy) is 3. The SMILES string of the molecule is CCCCSCc1cc2cc(S(=O)(=O)N(CC(C)C)C[C@@H](O)[C@H](Cc3ccccc3)NC(=O)OC3CO[C@H]4OCC[C@@H]34)ccc2o1. The van der Waals surface area contributed by atoms with E-state index in [0.29, 0.717) is 12.2 Å². The summed E-state index contributed by atoms with van der Waals surface area (Å²) in [7, 11) is -4.01. The Kier molecular flexibility index (Phi) is 12.1.